The number of fused-ring (bicyclic) bond motifs is 9. The van der Waals surface area contributed by atoms with Gasteiger partial charge in [0.15, 0.2) is 17.5 Å². The summed E-state index contributed by atoms with van der Waals surface area (Å²) in [6.45, 7) is 0. The van der Waals surface area contributed by atoms with Crippen LogP contribution in [0, 0.1) is 0 Å². The van der Waals surface area contributed by atoms with Crippen molar-refractivity contribution in [3.05, 3.63) is 206 Å². The van der Waals surface area contributed by atoms with Gasteiger partial charge in [0.25, 0.3) is 0 Å². The highest BCUT2D eigenvalue weighted by molar-refractivity contribution is 7.26. The number of aromatic nitrogens is 4. The molecule has 0 saturated carbocycles. The van der Waals surface area contributed by atoms with Crippen LogP contribution < -0.4 is 0 Å². The summed E-state index contributed by atoms with van der Waals surface area (Å²) in [7, 11) is 0. The Kier molecular flexibility index (Phi) is 8.01. The smallest absolute Gasteiger partial charge is 0.164 e. The molecule has 0 spiro atoms. The first-order valence-corrected chi connectivity index (χ1v) is 21.9. The van der Waals surface area contributed by atoms with Gasteiger partial charge in [0.1, 0.15) is 11.2 Å². The van der Waals surface area contributed by atoms with Crippen molar-refractivity contribution in [3.63, 3.8) is 0 Å². The van der Waals surface area contributed by atoms with E-state index in [4.69, 9.17) is 19.4 Å². The highest BCUT2D eigenvalue weighted by atomic mass is 32.1. The van der Waals surface area contributed by atoms with Crippen molar-refractivity contribution in [1.82, 2.24) is 19.5 Å². The van der Waals surface area contributed by atoms with Crippen LogP contribution in [0.4, 0.5) is 0 Å². The number of para-hydroxylation sites is 2. The zero-order chi connectivity index (χ0) is 41.4. The molecule has 0 bridgehead atoms. The summed E-state index contributed by atoms with van der Waals surface area (Å²) in [5, 5.41) is 6.88. The second-order valence-electron chi connectivity index (χ2n) is 15.9. The molecule has 5 nitrogen and oxygen atoms in total. The SMILES string of the molecule is c1ccc(-c2ccc(-c3nc(-c4cc(-c5ccccc5)c5c(c4)sc4ccccc45)nc(-c4cccc5oc6ccc(-n7c8ccccc8c8ccccc87)cc6c45)n3)cc2)cc1. The maximum atomic E-state index is 6.61. The molecule has 0 aliphatic carbocycles. The summed E-state index contributed by atoms with van der Waals surface area (Å²) in [6, 6.07) is 72.6. The molecule has 6 heteroatoms. The van der Waals surface area contributed by atoms with E-state index in [0.717, 1.165) is 77.6 Å². The Hall–Kier alpha value is -8.19. The van der Waals surface area contributed by atoms with E-state index in [1.165, 1.54) is 30.9 Å². The number of hydrogen-bond donors (Lipinski definition) is 0. The molecule has 0 saturated heterocycles. The van der Waals surface area contributed by atoms with Gasteiger partial charge in [-0.25, -0.2) is 15.0 Å². The zero-order valence-electron chi connectivity index (χ0n) is 33.7. The lowest BCUT2D eigenvalue weighted by Crippen LogP contribution is -2.01. The first-order valence-electron chi connectivity index (χ1n) is 21.1. The van der Waals surface area contributed by atoms with E-state index >= 15 is 0 Å². The topological polar surface area (TPSA) is 56.7 Å². The molecule has 0 aliphatic rings. The van der Waals surface area contributed by atoms with Gasteiger partial charge in [-0.1, -0.05) is 152 Å². The fourth-order valence-corrected chi connectivity index (χ4v) is 10.5. The van der Waals surface area contributed by atoms with Crippen LogP contribution in [-0.2, 0) is 0 Å². The Morgan fingerprint density at radius 1 is 0.349 bits per heavy atom. The Balaban J connectivity index is 1.05. The van der Waals surface area contributed by atoms with Crippen molar-refractivity contribution >= 4 is 75.3 Å². The van der Waals surface area contributed by atoms with Crippen molar-refractivity contribution in [1.29, 1.82) is 0 Å². The molecule has 294 valence electrons. The average molecular weight is 823 g/mol. The molecule has 9 aromatic carbocycles. The third-order valence-corrected chi connectivity index (χ3v) is 13.4. The molecule has 0 unspecified atom stereocenters. The fraction of sp³-hybridized carbons (Fsp3) is 0. The summed E-state index contributed by atoms with van der Waals surface area (Å²) in [4.78, 5) is 16.0. The number of rotatable bonds is 6. The van der Waals surface area contributed by atoms with Crippen molar-refractivity contribution in [2.24, 2.45) is 0 Å². The third-order valence-electron chi connectivity index (χ3n) is 12.3. The van der Waals surface area contributed by atoms with Crippen molar-refractivity contribution in [3.8, 4) is 62.1 Å². The van der Waals surface area contributed by atoms with Gasteiger partial charge in [0.05, 0.1) is 11.0 Å². The van der Waals surface area contributed by atoms with Crippen LogP contribution in [-0.4, -0.2) is 19.5 Å². The van der Waals surface area contributed by atoms with Gasteiger partial charge in [-0.05, 0) is 76.9 Å². The predicted molar refractivity (Wildman–Crippen MR) is 262 cm³/mol. The highest BCUT2D eigenvalue weighted by Crippen LogP contribution is 2.44. The van der Waals surface area contributed by atoms with E-state index in [9.17, 15) is 0 Å². The Morgan fingerprint density at radius 2 is 0.952 bits per heavy atom. The molecule has 13 aromatic rings. The summed E-state index contributed by atoms with van der Waals surface area (Å²) in [5.41, 5.74) is 12.2. The van der Waals surface area contributed by atoms with Gasteiger partial charge in [-0.3, -0.25) is 0 Å². The monoisotopic (exact) mass is 822 g/mol. The first kappa shape index (κ1) is 35.6. The molecule has 0 radical (unpaired) electrons. The third kappa shape index (κ3) is 5.80. The van der Waals surface area contributed by atoms with E-state index in [0.29, 0.717) is 17.5 Å². The minimum atomic E-state index is 0.579. The van der Waals surface area contributed by atoms with Gasteiger partial charge in [-0.2, -0.15) is 0 Å². The van der Waals surface area contributed by atoms with Crippen LogP contribution in [0.5, 0.6) is 0 Å². The van der Waals surface area contributed by atoms with Gasteiger partial charge >= 0.3 is 0 Å². The standard InChI is InChI=1S/C57H34N4OS/c1-3-14-35(15-4-1)36-26-28-38(29-27-36)55-58-56(39-32-45(37-16-5-2-6-17-37)54-43-20-9-12-25-51(43)63-52(54)33-39)60-57(59-55)44-21-13-24-50-53(44)46-34-40(30-31-49(46)62-50)61-47-22-10-7-18-41(47)42-19-8-11-23-48(42)61/h1-34H. The lowest BCUT2D eigenvalue weighted by molar-refractivity contribution is 0.669. The second kappa shape index (κ2) is 14.2. The normalized spacial score (nSPS) is 11.8. The molecule has 4 heterocycles. The Morgan fingerprint density at radius 3 is 1.70 bits per heavy atom. The number of hydrogen-bond acceptors (Lipinski definition) is 5. The average Bonchev–Trinajstić information content (AvgIpc) is 4.03. The fourth-order valence-electron chi connectivity index (χ4n) is 9.37. The van der Waals surface area contributed by atoms with Crippen LogP contribution in [0.3, 0.4) is 0 Å². The molecule has 0 N–H and O–H groups in total. The maximum Gasteiger partial charge on any atom is 0.164 e. The minimum absolute atomic E-state index is 0.579. The van der Waals surface area contributed by atoms with Crippen molar-refractivity contribution in [2.75, 3.05) is 0 Å². The number of nitrogens with zero attached hydrogens (tertiary/aromatic N) is 4. The maximum absolute atomic E-state index is 6.61. The van der Waals surface area contributed by atoms with Gasteiger partial charge in [-0.15, -0.1) is 11.3 Å². The number of thiophene rings is 1. The van der Waals surface area contributed by atoms with Gasteiger partial charge in [0.2, 0.25) is 0 Å². The van der Waals surface area contributed by atoms with Crippen molar-refractivity contribution in [2.45, 2.75) is 0 Å². The zero-order valence-corrected chi connectivity index (χ0v) is 34.6. The van der Waals surface area contributed by atoms with E-state index in [1.807, 2.05) is 18.2 Å². The number of furan rings is 1. The number of benzene rings is 9. The van der Waals surface area contributed by atoms with E-state index in [-0.39, 0.29) is 0 Å². The Labute approximate surface area is 365 Å². The molecule has 0 atom stereocenters. The van der Waals surface area contributed by atoms with Crippen LogP contribution in [0.2, 0.25) is 0 Å². The van der Waals surface area contributed by atoms with Crippen molar-refractivity contribution < 1.29 is 4.42 Å². The van der Waals surface area contributed by atoms with Gasteiger partial charge in [0, 0.05) is 64.1 Å². The molecule has 63 heavy (non-hydrogen) atoms. The first-order chi connectivity index (χ1) is 31.2. The quantitative estimate of drug-likeness (QED) is 0.168. The Bertz CT molecular complexity index is 3850. The summed E-state index contributed by atoms with van der Waals surface area (Å²) in [6.07, 6.45) is 0. The molecule has 0 fully saturated rings. The van der Waals surface area contributed by atoms with Crippen LogP contribution in [0.15, 0.2) is 211 Å². The lowest BCUT2D eigenvalue weighted by atomic mass is 9.97. The van der Waals surface area contributed by atoms with E-state index < -0.39 is 0 Å². The summed E-state index contributed by atoms with van der Waals surface area (Å²) >= 11 is 1.80. The van der Waals surface area contributed by atoms with Gasteiger partial charge < -0.3 is 8.98 Å². The highest BCUT2D eigenvalue weighted by Gasteiger charge is 2.21. The molecule has 4 aromatic heterocycles. The summed E-state index contributed by atoms with van der Waals surface area (Å²) in [5.74, 6) is 1.79. The van der Waals surface area contributed by atoms with Crippen LogP contribution >= 0.6 is 11.3 Å². The van der Waals surface area contributed by atoms with E-state index in [2.05, 4.69) is 193 Å². The summed E-state index contributed by atoms with van der Waals surface area (Å²) < 4.78 is 11.4. The molecular weight excluding hydrogens is 789 g/mol. The minimum Gasteiger partial charge on any atom is -0.456 e. The molecule has 0 amide bonds. The molecule has 0 aliphatic heterocycles. The van der Waals surface area contributed by atoms with Crippen LogP contribution in [0.25, 0.3) is 126 Å². The van der Waals surface area contributed by atoms with E-state index in [1.54, 1.807) is 11.3 Å². The molecular formula is C57H34N4OS. The van der Waals surface area contributed by atoms with Crippen LogP contribution in [0.1, 0.15) is 0 Å². The molecule has 13 rings (SSSR count). The predicted octanol–water partition coefficient (Wildman–Crippen LogP) is 15.6. The second-order valence-corrected chi connectivity index (χ2v) is 17.0. The lowest BCUT2D eigenvalue weighted by Gasteiger charge is -2.12. The largest absolute Gasteiger partial charge is 0.456 e.